The number of fused-ring (bicyclic) bond motifs is 2. The minimum Gasteiger partial charge on any atom is -0.760 e. The van der Waals surface area contributed by atoms with Gasteiger partial charge in [0, 0.05) is 24.0 Å². The monoisotopic (exact) mass is 369 g/mol. The predicted molar refractivity (Wildman–Crippen MR) is 100 cm³/mol. The standard InChI is InChI=1S/C20H22N2O3S/c1-13-4-6-14(7-5-13)18(21-26(24)25)15-8-9-17-16(12-15)20(10-3-11-20)19(23)22(17)2/h4-9,12,18,21H,3,10-11H2,1-2H3,(H,24,25)/p-1. The number of likely N-dealkylation sites (N-methyl/N-ethyl adjacent to an activating group) is 1. The Morgan fingerprint density at radius 3 is 2.38 bits per heavy atom. The fourth-order valence-electron chi connectivity index (χ4n) is 4.15. The van der Waals surface area contributed by atoms with Crippen LogP contribution in [0, 0.1) is 6.92 Å². The number of benzene rings is 2. The molecule has 1 aliphatic heterocycles. The summed E-state index contributed by atoms with van der Waals surface area (Å²) in [6.45, 7) is 2.00. The number of hydrogen-bond donors (Lipinski definition) is 1. The van der Waals surface area contributed by atoms with Crippen molar-refractivity contribution in [3.05, 3.63) is 64.7 Å². The summed E-state index contributed by atoms with van der Waals surface area (Å²) in [5.41, 5.74) is 4.40. The number of carbonyl (C=O) groups excluding carboxylic acids is 1. The number of amides is 1. The maximum atomic E-state index is 12.7. The highest BCUT2D eigenvalue weighted by Crippen LogP contribution is 2.53. The normalized spacial score (nSPS) is 20.0. The SMILES string of the molecule is Cc1ccc(C(NS(=O)[O-])c2ccc3c(c2)C2(CCC2)C(=O)N3C)cc1. The van der Waals surface area contributed by atoms with E-state index in [4.69, 9.17) is 0 Å². The lowest BCUT2D eigenvalue weighted by Gasteiger charge is -2.37. The molecule has 1 heterocycles. The summed E-state index contributed by atoms with van der Waals surface area (Å²) in [6.07, 6.45) is 2.78. The van der Waals surface area contributed by atoms with Crippen LogP contribution in [0.1, 0.15) is 47.6 Å². The summed E-state index contributed by atoms with van der Waals surface area (Å²) in [6, 6.07) is 13.2. The second kappa shape index (κ2) is 6.30. The summed E-state index contributed by atoms with van der Waals surface area (Å²) in [5.74, 6) is 0.156. The van der Waals surface area contributed by atoms with Gasteiger partial charge in [-0.2, -0.15) is 0 Å². The van der Waals surface area contributed by atoms with Gasteiger partial charge in [0.2, 0.25) is 5.91 Å². The molecule has 2 unspecified atom stereocenters. The third-order valence-corrected chi connectivity index (χ3v) is 6.20. The molecule has 1 fully saturated rings. The van der Waals surface area contributed by atoms with E-state index in [-0.39, 0.29) is 5.91 Å². The van der Waals surface area contributed by atoms with Gasteiger partial charge in [-0.25, -0.2) is 4.72 Å². The van der Waals surface area contributed by atoms with Crippen molar-refractivity contribution in [1.82, 2.24) is 4.72 Å². The van der Waals surface area contributed by atoms with Crippen LogP contribution in [0.2, 0.25) is 0 Å². The number of nitrogens with one attached hydrogen (secondary N) is 1. The minimum atomic E-state index is -2.40. The first-order valence-corrected chi connectivity index (χ1v) is 9.84. The minimum absolute atomic E-state index is 0.156. The average molecular weight is 369 g/mol. The van der Waals surface area contributed by atoms with Gasteiger partial charge in [0.05, 0.1) is 11.5 Å². The van der Waals surface area contributed by atoms with E-state index in [1.165, 1.54) is 0 Å². The van der Waals surface area contributed by atoms with Crippen LogP contribution in [0.5, 0.6) is 0 Å². The molecule has 1 N–H and O–H groups in total. The Morgan fingerprint density at radius 2 is 1.81 bits per heavy atom. The van der Waals surface area contributed by atoms with E-state index in [0.29, 0.717) is 0 Å². The summed E-state index contributed by atoms with van der Waals surface area (Å²) < 4.78 is 25.4. The molecule has 0 aromatic heterocycles. The Kier molecular flexibility index (Phi) is 4.22. The lowest BCUT2D eigenvalue weighted by atomic mass is 9.65. The molecule has 0 radical (unpaired) electrons. The number of rotatable bonds is 4. The Labute approximate surface area is 155 Å². The predicted octanol–water partition coefficient (Wildman–Crippen LogP) is 2.87. The van der Waals surface area contributed by atoms with E-state index >= 15 is 0 Å². The molecule has 2 aliphatic rings. The first-order chi connectivity index (χ1) is 12.4. The highest BCUT2D eigenvalue weighted by atomic mass is 32.2. The van der Waals surface area contributed by atoms with Crippen LogP contribution in [-0.4, -0.2) is 21.7 Å². The van der Waals surface area contributed by atoms with Gasteiger partial charge in [-0.3, -0.25) is 9.00 Å². The Balaban J connectivity index is 1.80. The molecule has 2 atom stereocenters. The molecular formula is C20H21N2O3S-. The van der Waals surface area contributed by atoms with E-state index in [9.17, 15) is 13.6 Å². The van der Waals surface area contributed by atoms with Gasteiger partial charge in [-0.15, -0.1) is 0 Å². The lowest BCUT2D eigenvalue weighted by molar-refractivity contribution is -0.125. The van der Waals surface area contributed by atoms with E-state index < -0.39 is 22.7 Å². The van der Waals surface area contributed by atoms with Gasteiger partial charge in [0.25, 0.3) is 0 Å². The molecule has 1 amide bonds. The van der Waals surface area contributed by atoms with Crippen molar-refractivity contribution < 1.29 is 13.6 Å². The zero-order chi connectivity index (χ0) is 18.5. The molecule has 4 rings (SSSR count). The highest BCUT2D eigenvalue weighted by molar-refractivity contribution is 7.77. The number of anilines is 1. The van der Waals surface area contributed by atoms with Crippen molar-refractivity contribution in [3.8, 4) is 0 Å². The fourth-order valence-corrected chi connectivity index (χ4v) is 4.62. The first-order valence-electron chi connectivity index (χ1n) is 8.77. The number of carbonyl (C=O) groups is 1. The van der Waals surface area contributed by atoms with E-state index in [0.717, 1.165) is 47.2 Å². The topological polar surface area (TPSA) is 72.5 Å². The van der Waals surface area contributed by atoms with Crippen LogP contribution in [-0.2, 0) is 21.5 Å². The van der Waals surface area contributed by atoms with Crippen molar-refractivity contribution in [3.63, 3.8) is 0 Å². The molecule has 26 heavy (non-hydrogen) atoms. The highest BCUT2D eigenvalue weighted by Gasteiger charge is 2.53. The van der Waals surface area contributed by atoms with Gasteiger partial charge in [0.1, 0.15) is 0 Å². The zero-order valence-corrected chi connectivity index (χ0v) is 15.6. The van der Waals surface area contributed by atoms with E-state index in [1.807, 2.05) is 56.4 Å². The van der Waals surface area contributed by atoms with Crippen LogP contribution in [0.15, 0.2) is 42.5 Å². The van der Waals surface area contributed by atoms with Gasteiger partial charge in [-0.05, 0) is 42.5 Å². The second-order valence-corrected chi connectivity index (χ2v) is 7.98. The number of aryl methyl sites for hydroxylation is 1. The van der Waals surface area contributed by atoms with Crippen LogP contribution in [0.25, 0.3) is 0 Å². The molecule has 1 saturated carbocycles. The Morgan fingerprint density at radius 1 is 1.15 bits per heavy atom. The second-order valence-electron chi connectivity index (χ2n) is 7.27. The van der Waals surface area contributed by atoms with Gasteiger partial charge < -0.3 is 9.45 Å². The van der Waals surface area contributed by atoms with Crippen molar-refractivity contribution in [1.29, 1.82) is 0 Å². The van der Waals surface area contributed by atoms with Gasteiger partial charge >= 0.3 is 0 Å². The van der Waals surface area contributed by atoms with Crippen LogP contribution in [0.3, 0.4) is 0 Å². The summed E-state index contributed by atoms with van der Waals surface area (Å²) >= 11 is -2.40. The van der Waals surface area contributed by atoms with E-state index in [1.54, 1.807) is 4.90 Å². The fraction of sp³-hybridized carbons (Fsp3) is 0.350. The average Bonchev–Trinajstić information content (AvgIpc) is 2.81. The van der Waals surface area contributed by atoms with Crippen molar-refractivity contribution in [2.75, 3.05) is 11.9 Å². The molecule has 0 saturated heterocycles. The summed E-state index contributed by atoms with van der Waals surface area (Å²) in [5, 5.41) is 0. The maximum absolute atomic E-state index is 12.7. The Bertz CT molecular complexity index is 890. The maximum Gasteiger partial charge on any atom is 0.237 e. The van der Waals surface area contributed by atoms with Gasteiger partial charge in [0.15, 0.2) is 0 Å². The molecule has 2 aromatic rings. The lowest BCUT2D eigenvalue weighted by Crippen LogP contribution is -2.43. The third-order valence-electron chi connectivity index (χ3n) is 5.78. The zero-order valence-electron chi connectivity index (χ0n) is 14.8. The largest absolute Gasteiger partial charge is 0.760 e. The first kappa shape index (κ1) is 17.4. The van der Waals surface area contributed by atoms with Crippen LogP contribution >= 0.6 is 0 Å². The molecule has 1 spiro atoms. The number of nitrogens with zero attached hydrogens (tertiary/aromatic N) is 1. The summed E-state index contributed by atoms with van der Waals surface area (Å²) in [7, 11) is 1.82. The third kappa shape index (κ3) is 2.60. The van der Waals surface area contributed by atoms with Gasteiger partial charge in [-0.1, -0.05) is 48.4 Å². The molecule has 0 bridgehead atoms. The van der Waals surface area contributed by atoms with Crippen LogP contribution < -0.4 is 9.62 Å². The molecule has 6 heteroatoms. The summed E-state index contributed by atoms with van der Waals surface area (Å²) in [4.78, 5) is 14.5. The van der Waals surface area contributed by atoms with Crippen molar-refractivity contribution in [2.45, 2.75) is 37.6 Å². The van der Waals surface area contributed by atoms with Crippen LogP contribution in [0.4, 0.5) is 5.69 Å². The molecule has 136 valence electrons. The molecule has 2 aromatic carbocycles. The molecular weight excluding hydrogens is 348 g/mol. The Hall–Kier alpha value is -2.02. The number of hydrogen-bond acceptors (Lipinski definition) is 3. The molecule has 5 nitrogen and oxygen atoms in total. The smallest absolute Gasteiger partial charge is 0.237 e. The van der Waals surface area contributed by atoms with Crippen molar-refractivity contribution in [2.24, 2.45) is 0 Å². The molecule has 1 aliphatic carbocycles. The van der Waals surface area contributed by atoms with E-state index in [2.05, 4.69) is 4.72 Å². The van der Waals surface area contributed by atoms with Crippen molar-refractivity contribution >= 4 is 22.9 Å². The quantitative estimate of drug-likeness (QED) is 0.843.